The molecule has 2 aromatic heterocycles. The molecule has 0 bridgehead atoms. The second kappa shape index (κ2) is 10.3. The van der Waals surface area contributed by atoms with E-state index in [0.717, 1.165) is 19.4 Å². The number of terminal acetylenes is 1. The van der Waals surface area contributed by atoms with Crippen LogP contribution < -0.4 is 15.0 Å². The molecular formula is C33H31F3N6O2. The molecule has 0 radical (unpaired) electrons. The first-order chi connectivity index (χ1) is 21.4. The summed E-state index contributed by atoms with van der Waals surface area (Å²) in [6.07, 6.45) is 8.55. The Balaban J connectivity index is 1.26. The lowest BCUT2D eigenvalue weighted by atomic mass is 9.94. The number of rotatable bonds is 5. The second-order valence-electron chi connectivity index (χ2n) is 12.5. The molecule has 2 atom stereocenters. The molecule has 4 aliphatic heterocycles. The number of ether oxygens (including phenoxy) is 2. The van der Waals surface area contributed by atoms with Gasteiger partial charge >= 0.3 is 6.01 Å². The molecule has 0 saturated carbocycles. The summed E-state index contributed by atoms with van der Waals surface area (Å²) in [7, 11) is 0. The van der Waals surface area contributed by atoms with Gasteiger partial charge in [0.15, 0.2) is 5.82 Å². The minimum absolute atomic E-state index is 0.00148. The van der Waals surface area contributed by atoms with Crippen LogP contribution in [0.3, 0.4) is 0 Å². The Hall–Kier alpha value is -3.98. The second-order valence-corrected chi connectivity index (χ2v) is 12.5. The lowest BCUT2D eigenvalue weighted by Crippen LogP contribution is -2.70. The number of benzene rings is 2. The van der Waals surface area contributed by atoms with E-state index >= 15 is 4.39 Å². The number of aromatic nitrogens is 3. The third-order valence-electron chi connectivity index (χ3n) is 9.70. The van der Waals surface area contributed by atoms with Crippen LogP contribution in [0.5, 0.6) is 6.01 Å². The van der Waals surface area contributed by atoms with E-state index < -0.39 is 23.3 Å². The highest BCUT2D eigenvalue weighted by atomic mass is 19.1. The van der Waals surface area contributed by atoms with Crippen LogP contribution in [0.4, 0.5) is 19.0 Å². The van der Waals surface area contributed by atoms with Crippen LogP contribution in [-0.4, -0.2) is 89.6 Å². The Labute approximate surface area is 252 Å². The van der Waals surface area contributed by atoms with Gasteiger partial charge in [-0.05, 0) is 30.8 Å². The van der Waals surface area contributed by atoms with Crippen molar-refractivity contribution in [1.29, 1.82) is 0 Å². The highest BCUT2D eigenvalue weighted by Gasteiger charge is 2.49. The van der Waals surface area contributed by atoms with E-state index in [4.69, 9.17) is 20.9 Å². The Morgan fingerprint density at radius 3 is 2.86 bits per heavy atom. The van der Waals surface area contributed by atoms with Crippen molar-refractivity contribution in [2.75, 3.05) is 57.4 Å². The van der Waals surface area contributed by atoms with Gasteiger partial charge in [-0.2, -0.15) is 9.97 Å². The van der Waals surface area contributed by atoms with Gasteiger partial charge in [-0.3, -0.25) is 9.88 Å². The summed E-state index contributed by atoms with van der Waals surface area (Å²) in [6, 6.07) is 8.18. The van der Waals surface area contributed by atoms with E-state index in [0.29, 0.717) is 73.4 Å². The number of anilines is 1. The van der Waals surface area contributed by atoms with Gasteiger partial charge in [0.1, 0.15) is 35.6 Å². The summed E-state index contributed by atoms with van der Waals surface area (Å²) < 4.78 is 57.7. The summed E-state index contributed by atoms with van der Waals surface area (Å²) in [6.45, 7) is 4.52. The Bertz CT molecular complexity index is 1840. The first-order valence-electron chi connectivity index (χ1n) is 15.0. The molecule has 11 heteroatoms. The number of fused-ring (bicyclic) bond motifs is 3. The molecule has 4 aromatic rings. The molecule has 8 rings (SSSR count). The first-order valence-corrected chi connectivity index (χ1v) is 15.0. The fourth-order valence-electron chi connectivity index (χ4n) is 7.53. The molecular weight excluding hydrogens is 569 g/mol. The Morgan fingerprint density at radius 1 is 1.16 bits per heavy atom. The maximum absolute atomic E-state index is 16.7. The molecule has 0 unspecified atom stereocenters. The van der Waals surface area contributed by atoms with Crippen molar-refractivity contribution >= 4 is 27.5 Å². The number of nitrogens with zero attached hydrogens (tertiary/aromatic N) is 5. The van der Waals surface area contributed by atoms with Crippen molar-refractivity contribution in [3.8, 4) is 29.6 Å². The summed E-state index contributed by atoms with van der Waals surface area (Å²) >= 11 is 0. The van der Waals surface area contributed by atoms with Crippen molar-refractivity contribution in [3.63, 3.8) is 0 Å². The third kappa shape index (κ3) is 4.30. The van der Waals surface area contributed by atoms with E-state index in [9.17, 15) is 8.78 Å². The van der Waals surface area contributed by atoms with Gasteiger partial charge in [0.25, 0.3) is 0 Å². The molecule has 4 fully saturated rings. The highest BCUT2D eigenvalue weighted by molar-refractivity contribution is 6.02. The lowest BCUT2D eigenvalue weighted by Gasteiger charge is -2.49. The fourth-order valence-corrected chi connectivity index (χ4v) is 7.53. The van der Waals surface area contributed by atoms with Gasteiger partial charge in [0.05, 0.1) is 35.2 Å². The van der Waals surface area contributed by atoms with Crippen molar-refractivity contribution in [2.45, 2.75) is 36.5 Å². The van der Waals surface area contributed by atoms with Gasteiger partial charge in [-0.15, -0.1) is 6.42 Å². The van der Waals surface area contributed by atoms with Crippen molar-refractivity contribution in [1.82, 2.24) is 25.2 Å². The SMILES string of the molecule is C#Cc1c(F)ccc2cccc(-c3ncc4c(N5CCNC6(COC6)C5)nc(OC[C@@]56CCCN5C[C@H](F)C6)nc4c3F)c12. The predicted octanol–water partition coefficient (Wildman–Crippen LogP) is 4.24. The van der Waals surface area contributed by atoms with Crippen LogP contribution in [0, 0.1) is 24.0 Å². The van der Waals surface area contributed by atoms with Crippen LogP contribution >= 0.6 is 0 Å². The molecule has 1 N–H and O–H groups in total. The number of alkyl halides is 1. The van der Waals surface area contributed by atoms with Gasteiger partial charge in [0.2, 0.25) is 0 Å². The van der Waals surface area contributed by atoms with Crippen molar-refractivity contribution < 1.29 is 22.6 Å². The minimum atomic E-state index is -0.904. The highest BCUT2D eigenvalue weighted by Crippen LogP contribution is 2.41. The first kappa shape index (κ1) is 27.6. The number of halogens is 3. The zero-order valence-electron chi connectivity index (χ0n) is 24.1. The van der Waals surface area contributed by atoms with Crippen LogP contribution in [0.1, 0.15) is 24.8 Å². The monoisotopic (exact) mass is 600 g/mol. The summed E-state index contributed by atoms with van der Waals surface area (Å²) in [4.78, 5) is 18.2. The number of piperazine rings is 1. The predicted molar refractivity (Wildman–Crippen MR) is 160 cm³/mol. The number of hydrogen-bond donors (Lipinski definition) is 1. The van der Waals surface area contributed by atoms with E-state index in [1.807, 2.05) is 0 Å². The van der Waals surface area contributed by atoms with E-state index in [2.05, 4.69) is 31.0 Å². The van der Waals surface area contributed by atoms with Gasteiger partial charge < -0.3 is 19.7 Å². The molecule has 0 aliphatic carbocycles. The van der Waals surface area contributed by atoms with Crippen LogP contribution in [0.25, 0.3) is 32.9 Å². The molecule has 4 aliphatic rings. The van der Waals surface area contributed by atoms with Crippen LogP contribution in [-0.2, 0) is 4.74 Å². The zero-order valence-corrected chi connectivity index (χ0v) is 24.1. The third-order valence-corrected chi connectivity index (χ3v) is 9.70. The lowest BCUT2D eigenvalue weighted by molar-refractivity contribution is -0.0743. The van der Waals surface area contributed by atoms with Crippen molar-refractivity contribution in [2.24, 2.45) is 0 Å². The molecule has 226 valence electrons. The fraction of sp³-hybridized carbons (Fsp3) is 0.424. The normalized spacial score (nSPS) is 24.5. The number of hydrogen-bond acceptors (Lipinski definition) is 8. The average Bonchev–Trinajstić information content (AvgIpc) is 3.55. The van der Waals surface area contributed by atoms with Crippen molar-refractivity contribution in [3.05, 3.63) is 53.7 Å². The van der Waals surface area contributed by atoms with Gasteiger partial charge in [-0.25, -0.2) is 13.2 Å². The van der Waals surface area contributed by atoms with Crippen LogP contribution in [0.15, 0.2) is 36.5 Å². The van der Waals surface area contributed by atoms with E-state index in [1.54, 1.807) is 30.5 Å². The van der Waals surface area contributed by atoms with Crippen LogP contribution in [0.2, 0.25) is 0 Å². The maximum Gasteiger partial charge on any atom is 0.319 e. The van der Waals surface area contributed by atoms with E-state index in [-0.39, 0.29) is 34.9 Å². The zero-order chi connectivity index (χ0) is 30.1. The van der Waals surface area contributed by atoms with Gasteiger partial charge in [0, 0.05) is 49.7 Å². The number of pyridine rings is 1. The Kier molecular flexibility index (Phi) is 6.45. The minimum Gasteiger partial charge on any atom is -0.461 e. The molecule has 44 heavy (non-hydrogen) atoms. The molecule has 4 saturated heterocycles. The van der Waals surface area contributed by atoms with Gasteiger partial charge in [-0.1, -0.05) is 30.2 Å². The molecule has 2 aromatic carbocycles. The smallest absolute Gasteiger partial charge is 0.319 e. The standard InChI is InChI=1S/C33H31F3N6O2/c1-2-22-25(35)8-7-20-5-3-6-23(26(20)22)28-27(36)29-24(14-37-28)30(41-12-10-38-32(16-41)17-43-18-32)40-31(39-29)44-19-33-9-4-11-42(33)15-21(34)13-33/h1,3,5-8,14,21,38H,4,9-13,15-19H2/t21-,33+/m1/s1. The summed E-state index contributed by atoms with van der Waals surface area (Å²) in [5, 5.41) is 5.05. The molecule has 8 nitrogen and oxygen atoms in total. The number of nitrogens with one attached hydrogen (secondary N) is 1. The summed E-state index contributed by atoms with van der Waals surface area (Å²) in [5.41, 5.74) is -0.167. The molecule has 0 amide bonds. The van der Waals surface area contributed by atoms with E-state index in [1.165, 1.54) is 6.07 Å². The Morgan fingerprint density at radius 2 is 2.05 bits per heavy atom. The largest absolute Gasteiger partial charge is 0.461 e. The maximum atomic E-state index is 16.7. The topological polar surface area (TPSA) is 75.6 Å². The molecule has 6 heterocycles. The molecule has 1 spiro atoms. The quantitative estimate of drug-likeness (QED) is 0.341. The summed E-state index contributed by atoms with van der Waals surface area (Å²) in [5.74, 6) is 1.69. The average molecular weight is 601 g/mol.